The number of rotatable bonds is 1. The van der Waals surface area contributed by atoms with Gasteiger partial charge in [-0.25, -0.2) is 14.2 Å². The lowest BCUT2D eigenvalue weighted by molar-refractivity contribution is -0.527. The molecule has 3 rings (SSSR count). The summed E-state index contributed by atoms with van der Waals surface area (Å²) < 4.78 is 12.9. The molecule has 0 bridgehead atoms. The molecule has 0 N–H and O–H groups in total. The Bertz CT molecular complexity index is 421. The van der Waals surface area contributed by atoms with E-state index in [1.54, 1.807) is 17.0 Å². The van der Waals surface area contributed by atoms with Crippen LogP contribution in [-0.4, -0.2) is 19.2 Å². The van der Waals surface area contributed by atoms with E-state index in [1.807, 2.05) is 0 Å². The second-order valence-corrected chi connectivity index (χ2v) is 5.15. The molecule has 1 heterocycles. The van der Waals surface area contributed by atoms with Gasteiger partial charge in [0.2, 0.25) is 5.79 Å². The molecular weight excluding hydrogens is 265 g/mol. The van der Waals surface area contributed by atoms with Crippen molar-refractivity contribution in [1.82, 2.24) is 0 Å². The minimum absolute atomic E-state index is 0.205. The fourth-order valence-electron chi connectivity index (χ4n) is 2.50. The summed E-state index contributed by atoms with van der Waals surface area (Å²) >= 11 is 0. The lowest BCUT2D eigenvalue weighted by Gasteiger charge is -2.37. The highest BCUT2D eigenvalue weighted by Gasteiger charge is 2.38. The molecular formula is C14H18FNO4. The molecule has 0 aromatic heterocycles. The van der Waals surface area contributed by atoms with Crippen molar-refractivity contribution < 1.29 is 23.9 Å². The second kappa shape index (κ2) is 6.05. The minimum atomic E-state index is -0.771. The van der Waals surface area contributed by atoms with Crippen molar-refractivity contribution in [2.24, 2.45) is 0 Å². The first-order valence-electron chi connectivity index (χ1n) is 6.89. The molecule has 0 radical (unpaired) electrons. The van der Waals surface area contributed by atoms with E-state index in [9.17, 15) is 4.39 Å². The Hall–Kier alpha value is -1.21. The van der Waals surface area contributed by atoms with Crippen LogP contribution in [0.4, 0.5) is 10.1 Å². The van der Waals surface area contributed by atoms with Crippen LogP contribution in [0.25, 0.3) is 0 Å². The predicted octanol–water partition coefficient (Wildman–Crippen LogP) is 3.12. The maximum absolute atomic E-state index is 12.9. The van der Waals surface area contributed by atoms with E-state index in [-0.39, 0.29) is 19.3 Å². The third-order valence-electron chi connectivity index (χ3n) is 3.65. The Kier molecular flexibility index (Phi) is 4.16. The molecule has 1 saturated heterocycles. The van der Waals surface area contributed by atoms with Crippen LogP contribution in [0.2, 0.25) is 0 Å². The van der Waals surface area contributed by atoms with E-state index in [1.165, 1.54) is 18.6 Å². The van der Waals surface area contributed by atoms with Gasteiger partial charge in [-0.15, -0.1) is 0 Å². The van der Waals surface area contributed by atoms with E-state index in [0.29, 0.717) is 0 Å². The fraction of sp³-hybridized carbons (Fsp3) is 0.571. The molecule has 5 nitrogen and oxygen atoms in total. The summed E-state index contributed by atoms with van der Waals surface area (Å²) in [6.45, 7) is 0.410. The molecule has 6 heteroatoms. The van der Waals surface area contributed by atoms with Crippen molar-refractivity contribution in [2.75, 3.05) is 18.4 Å². The van der Waals surface area contributed by atoms with Gasteiger partial charge in [0.05, 0.1) is 0 Å². The van der Waals surface area contributed by atoms with Crippen molar-refractivity contribution in [1.29, 1.82) is 0 Å². The monoisotopic (exact) mass is 283 g/mol. The lowest BCUT2D eigenvalue weighted by Crippen LogP contribution is -2.44. The summed E-state index contributed by atoms with van der Waals surface area (Å²) in [5.41, 5.74) is 0.776. The van der Waals surface area contributed by atoms with Crippen LogP contribution in [-0.2, 0) is 19.6 Å². The Morgan fingerprint density at radius 2 is 1.50 bits per heavy atom. The Balaban J connectivity index is 1.61. The molecule has 1 aliphatic carbocycles. The highest BCUT2D eigenvalue weighted by molar-refractivity contribution is 5.45. The molecule has 0 amide bonds. The Morgan fingerprint density at radius 1 is 0.900 bits per heavy atom. The van der Waals surface area contributed by atoms with Gasteiger partial charge in [0.25, 0.3) is 0 Å². The quantitative estimate of drug-likeness (QED) is 0.741. The summed E-state index contributed by atoms with van der Waals surface area (Å²) in [6.07, 6.45) is 4.78. The second-order valence-electron chi connectivity index (χ2n) is 5.15. The van der Waals surface area contributed by atoms with E-state index >= 15 is 0 Å². The van der Waals surface area contributed by atoms with E-state index in [4.69, 9.17) is 19.6 Å². The van der Waals surface area contributed by atoms with Gasteiger partial charge < -0.3 is 4.90 Å². The van der Waals surface area contributed by atoms with Gasteiger partial charge in [0.15, 0.2) is 13.5 Å². The first kappa shape index (κ1) is 13.8. The molecule has 2 fully saturated rings. The molecule has 1 saturated carbocycles. The highest BCUT2D eigenvalue weighted by atomic mass is 19.1. The van der Waals surface area contributed by atoms with Crippen molar-refractivity contribution >= 4 is 5.69 Å². The first-order chi connectivity index (χ1) is 9.77. The maximum Gasteiger partial charge on any atom is 0.234 e. The van der Waals surface area contributed by atoms with Gasteiger partial charge in [0.1, 0.15) is 5.82 Å². The third kappa shape index (κ3) is 3.09. The van der Waals surface area contributed by atoms with E-state index < -0.39 is 5.79 Å². The Morgan fingerprint density at radius 3 is 2.10 bits per heavy atom. The first-order valence-corrected chi connectivity index (χ1v) is 6.89. The molecule has 1 aromatic rings. The standard InChI is InChI=1S/C14H18FNO4/c15-12-4-6-13(7-5-12)16-10-17-19-14(20-18-11-16)8-2-1-3-9-14/h4-7H,1-3,8-11H2. The summed E-state index contributed by atoms with van der Waals surface area (Å²) in [5.74, 6) is -1.05. The van der Waals surface area contributed by atoms with Crippen molar-refractivity contribution in [3.63, 3.8) is 0 Å². The van der Waals surface area contributed by atoms with Crippen LogP contribution in [0.5, 0.6) is 0 Å². The van der Waals surface area contributed by atoms with Crippen LogP contribution in [0.15, 0.2) is 24.3 Å². The highest BCUT2D eigenvalue weighted by Crippen LogP contribution is 2.34. The zero-order valence-corrected chi connectivity index (χ0v) is 11.2. The van der Waals surface area contributed by atoms with Gasteiger partial charge in [-0.1, -0.05) is 6.42 Å². The molecule has 0 unspecified atom stereocenters. The van der Waals surface area contributed by atoms with Gasteiger partial charge in [-0.3, -0.25) is 0 Å². The topological polar surface area (TPSA) is 40.2 Å². The number of hydrogen-bond donors (Lipinski definition) is 0. The molecule has 2 aliphatic rings. The molecule has 0 atom stereocenters. The molecule has 20 heavy (non-hydrogen) atoms. The van der Waals surface area contributed by atoms with Crippen molar-refractivity contribution in [2.45, 2.75) is 37.9 Å². The van der Waals surface area contributed by atoms with Gasteiger partial charge in [-0.2, -0.15) is 9.78 Å². The van der Waals surface area contributed by atoms with E-state index in [0.717, 1.165) is 31.4 Å². The van der Waals surface area contributed by atoms with E-state index in [2.05, 4.69) is 0 Å². The number of halogens is 1. The van der Waals surface area contributed by atoms with Gasteiger partial charge >= 0.3 is 0 Å². The third-order valence-corrected chi connectivity index (χ3v) is 3.65. The average Bonchev–Trinajstić information content (AvgIpc) is 2.45. The summed E-state index contributed by atoms with van der Waals surface area (Å²) in [7, 11) is 0. The normalized spacial score (nSPS) is 23.4. The van der Waals surface area contributed by atoms with Crippen LogP contribution >= 0.6 is 0 Å². The fourth-order valence-corrected chi connectivity index (χ4v) is 2.50. The van der Waals surface area contributed by atoms with Crippen molar-refractivity contribution in [3.05, 3.63) is 30.1 Å². The molecule has 1 spiro atoms. The van der Waals surface area contributed by atoms with Gasteiger partial charge in [-0.05, 0) is 37.1 Å². The predicted molar refractivity (Wildman–Crippen MR) is 68.8 cm³/mol. The van der Waals surface area contributed by atoms with Crippen LogP contribution in [0, 0.1) is 5.82 Å². The molecule has 1 aliphatic heterocycles. The van der Waals surface area contributed by atoms with Crippen LogP contribution in [0.1, 0.15) is 32.1 Å². The zero-order chi connectivity index (χ0) is 13.8. The lowest BCUT2D eigenvalue weighted by atomic mass is 9.94. The molecule has 1 aromatic carbocycles. The summed E-state index contributed by atoms with van der Waals surface area (Å²) in [6, 6.07) is 6.08. The minimum Gasteiger partial charge on any atom is -0.320 e. The smallest absolute Gasteiger partial charge is 0.234 e. The number of benzene rings is 1. The van der Waals surface area contributed by atoms with Crippen molar-refractivity contribution in [3.8, 4) is 0 Å². The number of nitrogens with zero attached hydrogens (tertiary/aromatic N) is 1. The summed E-state index contributed by atoms with van der Waals surface area (Å²) in [4.78, 5) is 23.2. The number of hydrogen-bond acceptors (Lipinski definition) is 5. The van der Waals surface area contributed by atoms with Crippen LogP contribution in [0.3, 0.4) is 0 Å². The average molecular weight is 283 g/mol. The van der Waals surface area contributed by atoms with Gasteiger partial charge in [0, 0.05) is 18.5 Å². The zero-order valence-electron chi connectivity index (χ0n) is 11.2. The largest absolute Gasteiger partial charge is 0.320 e. The van der Waals surface area contributed by atoms with Crippen LogP contribution < -0.4 is 4.90 Å². The SMILES string of the molecule is Fc1ccc(N2COOC3(CCCCC3)OOC2)cc1. The molecule has 110 valence electrons. The number of anilines is 1. The summed E-state index contributed by atoms with van der Waals surface area (Å²) in [5, 5.41) is 0. The maximum atomic E-state index is 12.9. The Labute approximate surface area is 117 Å².